The smallest absolute Gasteiger partial charge is 0.307 e. The van der Waals surface area contributed by atoms with Crippen molar-refractivity contribution in [1.82, 2.24) is 5.32 Å². The fourth-order valence-electron chi connectivity index (χ4n) is 2.90. The molecule has 0 saturated carbocycles. The lowest BCUT2D eigenvalue weighted by molar-refractivity contribution is -0.141. The van der Waals surface area contributed by atoms with Crippen LogP contribution in [-0.4, -0.2) is 24.7 Å². The Morgan fingerprint density at radius 1 is 1.15 bits per heavy atom. The molecule has 26 heavy (non-hydrogen) atoms. The Kier molecular flexibility index (Phi) is 5.16. The zero-order valence-corrected chi connectivity index (χ0v) is 15.1. The Bertz CT molecular complexity index is 858. The van der Waals surface area contributed by atoms with Gasteiger partial charge in [-0.15, -0.1) is 0 Å². The van der Waals surface area contributed by atoms with E-state index in [-0.39, 0.29) is 18.3 Å². The van der Waals surface area contributed by atoms with Crippen LogP contribution in [0.5, 0.6) is 0 Å². The van der Waals surface area contributed by atoms with Crippen molar-refractivity contribution in [3.63, 3.8) is 0 Å². The van der Waals surface area contributed by atoms with Gasteiger partial charge in [-0.3, -0.25) is 9.59 Å². The minimum atomic E-state index is -0.476. The summed E-state index contributed by atoms with van der Waals surface area (Å²) in [6.07, 6.45) is 7.65. The van der Waals surface area contributed by atoms with Gasteiger partial charge in [0, 0.05) is 6.42 Å². The number of ether oxygens (including phenoxy) is 1. The van der Waals surface area contributed by atoms with E-state index < -0.39 is 6.04 Å². The summed E-state index contributed by atoms with van der Waals surface area (Å²) < 4.78 is 4.77. The summed E-state index contributed by atoms with van der Waals surface area (Å²) in [5.41, 5.74) is 5.06. The van der Waals surface area contributed by atoms with E-state index in [0.29, 0.717) is 5.70 Å². The summed E-state index contributed by atoms with van der Waals surface area (Å²) in [7, 11) is 1.34. The van der Waals surface area contributed by atoms with Crippen molar-refractivity contribution in [3.05, 3.63) is 76.9 Å². The van der Waals surface area contributed by atoms with Crippen molar-refractivity contribution < 1.29 is 14.3 Å². The molecule has 1 aliphatic carbocycles. The Balaban J connectivity index is 1.80. The van der Waals surface area contributed by atoms with Gasteiger partial charge in [-0.1, -0.05) is 42.0 Å². The van der Waals surface area contributed by atoms with Crippen molar-refractivity contribution in [1.29, 1.82) is 0 Å². The summed E-state index contributed by atoms with van der Waals surface area (Å²) in [4.78, 5) is 28.9. The van der Waals surface area contributed by atoms with E-state index in [1.54, 1.807) is 6.08 Å². The first kappa shape index (κ1) is 17.9. The number of carbonyl (C=O) groups excluding carboxylic acids is 2. The molecule has 5 heteroatoms. The Labute approximate surface area is 153 Å². The average molecular weight is 349 g/mol. The first-order valence-corrected chi connectivity index (χ1v) is 8.45. The van der Waals surface area contributed by atoms with Crippen LogP contribution in [0.1, 0.15) is 30.5 Å². The molecule has 0 aromatic heterocycles. The van der Waals surface area contributed by atoms with Crippen molar-refractivity contribution >= 4 is 17.6 Å². The van der Waals surface area contributed by atoms with Crippen LogP contribution in [-0.2, 0) is 14.3 Å². The van der Waals surface area contributed by atoms with E-state index in [0.717, 1.165) is 28.0 Å². The fourth-order valence-corrected chi connectivity index (χ4v) is 2.90. The summed E-state index contributed by atoms with van der Waals surface area (Å²) in [5.74, 6) is -0.692. The van der Waals surface area contributed by atoms with Crippen LogP contribution < -0.4 is 5.32 Å². The van der Waals surface area contributed by atoms with Crippen molar-refractivity contribution in [2.24, 2.45) is 4.99 Å². The topological polar surface area (TPSA) is 67.8 Å². The average Bonchev–Trinajstić information content (AvgIpc) is 3.07. The number of amides is 1. The van der Waals surface area contributed by atoms with Crippen LogP contribution in [0.2, 0.25) is 0 Å². The molecule has 0 saturated heterocycles. The number of methoxy groups -OCH3 is 1. The molecule has 0 bridgehead atoms. The molecule has 1 radical (unpaired) electrons. The molecule has 1 aromatic carbocycles. The normalized spacial score (nSPS) is 16.6. The van der Waals surface area contributed by atoms with Gasteiger partial charge >= 0.3 is 5.97 Å². The van der Waals surface area contributed by atoms with Gasteiger partial charge in [0.05, 0.1) is 25.3 Å². The lowest BCUT2D eigenvalue weighted by Crippen LogP contribution is -2.31. The molecular formula is C21H21N2O3. The summed E-state index contributed by atoms with van der Waals surface area (Å²) in [5, 5.41) is 2.91. The van der Waals surface area contributed by atoms with Crippen LogP contribution in [0.15, 0.2) is 64.3 Å². The number of aliphatic imine (C=N–C) groups is 1. The first-order valence-electron chi connectivity index (χ1n) is 8.45. The number of allylic oxidation sites excluding steroid dienone is 5. The van der Waals surface area contributed by atoms with Gasteiger partial charge in [0.25, 0.3) is 5.91 Å². The maximum Gasteiger partial charge on any atom is 0.307 e. The molecule has 0 fully saturated rings. The monoisotopic (exact) mass is 349 g/mol. The maximum atomic E-state index is 12.7. The van der Waals surface area contributed by atoms with Gasteiger partial charge in [0.15, 0.2) is 0 Å². The molecule has 1 atom stereocenters. The molecule has 1 N–H and O–H groups in total. The third-order valence-electron chi connectivity index (χ3n) is 4.41. The second-order valence-corrected chi connectivity index (χ2v) is 6.37. The largest absolute Gasteiger partial charge is 0.469 e. The number of hydrogen-bond donors (Lipinski definition) is 1. The SMILES string of the molecule is COC(=O)CC(NC(=O)C1=CC2=C[CH]C=C(C)C2=N1)c1ccc(C)cc1. The quantitative estimate of drug-likeness (QED) is 0.831. The van der Waals surface area contributed by atoms with Crippen LogP contribution >= 0.6 is 0 Å². The number of nitrogens with one attached hydrogen (secondary N) is 1. The highest BCUT2D eigenvalue weighted by atomic mass is 16.5. The number of nitrogens with zero attached hydrogens (tertiary/aromatic N) is 1. The maximum absolute atomic E-state index is 12.7. The predicted octanol–water partition coefficient (Wildman–Crippen LogP) is 3.14. The third-order valence-corrected chi connectivity index (χ3v) is 4.41. The number of hydrogen-bond acceptors (Lipinski definition) is 4. The second kappa shape index (κ2) is 7.52. The van der Waals surface area contributed by atoms with Crippen LogP contribution in [0.25, 0.3) is 0 Å². The molecule has 1 unspecified atom stereocenters. The summed E-state index contributed by atoms with van der Waals surface area (Å²) in [6, 6.07) is 7.23. The molecule has 1 aliphatic heterocycles. The minimum Gasteiger partial charge on any atom is -0.469 e. The number of rotatable bonds is 5. The van der Waals surface area contributed by atoms with Crippen molar-refractivity contribution in [3.8, 4) is 0 Å². The van der Waals surface area contributed by atoms with Crippen molar-refractivity contribution in [2.75, 3.05) is 7.11 Å². The van der Waals surface area contributed by atoms with Gasteiger partial charge in [-0.05, 0) is 36.6 Å². The molecule has 1 amide bonds. The summed E-state index contributed by atoms with van der Waals surface area (Å²) >= 11 is 0. The molecule has 3 rings (SSSR count). The fraction of sp³-hybridized carbons (Fsp3) is 0.238. The molecule has 2 aliphatic rings. The van der Waals surface area contributed by atoms with Gasteiger partial charge in [0.1, 0.15) is 5.70 Å². The third kappa shape index (κ3) is 3.82. The van der Waals surface area contributed by atoms with E-state index in [1.807, 2.05) is 56.7 Å². The Morgan fingerprint density at radius 3 is 2.54 bits per heavy atom. The Hall–Kier alpha value is -2.95. The Morgan fingerprint density at radius 2 is 1.88 bits per heavy atom. The molecule has 133 valence electrons. The lowest BCUT2D eigenvalue weighted by atomic mass is 9.98. The van der Waals surface area contributed by atoms with Crippen LogP contribution in [0.4, 0.5) is 0 Å². The number of carbonyl (C=O) groups is 2. The van der Waals surface area contributed by atoms with Crippen molar-refractivity contribution in [2.45, 2.75) is 26.3 Å². The molecule has 5 nitrogen and oxygen atoms in total. The highest BCUT2D eigenvalue weighted by Gasteiger charge is 2.25. The standard InChI is InChI=1S/C21H21N2O3/c1-13-7-9-15(10-8-13)17(12-19(24)26-3)23-21(25)18-11-16-6-4-5-14(2)20(16)22-18/h4-11,17H,12H2,1-3H3,(H,23,25). The highest BCUT2D eigenvalue weighted by Crippen LogP contribution is 2.26. The molecular weight excluding hydrogens is 328 g/mol. The van der Waals surface area contributed by atoms with Crippen LogP contribution in [0.3, 0.4) is 0 Å². The second-order valence-electron chi connectivity index (χ2n) is 6.37. The van der Waals surface area contributed by atoms with E-state index in [9.17, 15) is 9.59 Å². The number of aryl methyl sites for hydroxylation is 1. The zero-order valence-electron chi connectivity index (χ0n) is 15.1. The van der Waals surface area contributed by atoms with E-state index >= 15 is 0 Å². The van der Waals surface area contributed by atoms with Gasteiger partial charge < -0.3 is 10.1 Å². The van der Waals surface area contributed by atoms with Gasteiger partial charge in [-0.25, -0.2) is 4.99 Å². The van der Waals surface area contributed by atoms with Crippen LogP contribution in [0, 0.1) is 13.3 Å². The van der Waals surface area contributed by atoms with E-state index in [1.165, 1.54) is 7.11 Å². The van der Waals surface area contributed by atoms with Gasteiger partial charge in [-0.2, -0.15) is 0 Å². The van der Waals surface area contributed by atoms with E-state index in [2.05, 4.69) is 10.3 Å². The zero-order chi connectivity index (χ0) is 18.7. The predicted molar refractivity (Wildman–Crippen MR) is 100 cm³/mol. The minimum absolute atomic E-state index is 0.0601. The number of benzene rings is 1. The highest BCUT2D eigenvalue weighted by molar-refractivity contribution is 6.20. The van der Waals surface area contributed by atoms with E-state index in [4.69, 9.17) is 4.74 Å². The molecule has 1 heterocycles. The first-order chi connectivity index (χ1) is 12.5. The summed E-state index contributed by atoms with van der Waals surface area (Å²) in [6.45, 7) is 3.95. The molecule has 0 spiro atoms. The molecule has 1 aromatic rings. The number of fused-ring (bicyclic) bond motifs is 1. The van der Waals surface area contributed by atoms with Gasteiger partial charge in [0.2, 0.25) is 0 Å². The lowest BCUT2D eigenvalue weighted by Gasteiger charge is -2.18. The number of esters is 1.